The van der Waals surface area contributed by atoms with E-state index in [1.165, 1.54) is 5.56 Å². The normalized spacial score (nSPS) is 10.2. The van der Waals surface area contributed by atoms with Gasteiger partial charge in [0.15, 0.2) is 0 Å². The van der Waals surface area contributed by atoms with Crippen LogP contribution in [0.3, 0.4) is 0 Å². The summed E-state index contributed by atoms with van der Waals surface area (Å²) in [5, 5.41) is 7.55. The van der Waals surface area contributed by atoms with Crippen molar-refractivity contribution < 1.29 is 4.74 Å². The van der Waals surface area contributed by atoms with Gasteiger partial charge in [-0.05, 0) is 25.5 Å². The molecule has 0 saturated carbocycles. The summed E-state index contributed by atoms with van der Waals surface area (Å²) in [4.78, 5) is 0. The summed E-state index contributed by atoms with van der Waals surface area (Å²) in [5.74, 6) is 0.934. The van der Waals surface area contributed by atoms with Gasteiger partial charge in [0, 0.05) is 11.1 Å². The van der Waals surface area contributed by atoms with Gasteiger partial charge in [0.2, 0.25) is 0 Å². The van der Waals surface area contributed by atoms with Gasteiger partial charge in [-0.2, -0.15) is 0 Å². The first-order valence-corrected chi connectivity index (χ1v) is 6.20. The molecule has 0 fully saturated rings. The zero-order chi connectivity index (χ0) is 13.8. The molecule has 0 aliphatic carbocycles. The number of hydrogen-bond acceptors (Lipinski definition) is 2. The molecular weight excluding hydrogens is 236 g/mol. The van der Waals surface area contributed by atoms with E-state index in [9.17, 15) is 0 Å². The van der Waals surface area contributed by atoms with Crippen molar-refractivity contribution in [2.45, 2.75) is 20.5 Å². The van der Waals surface area contributed by atoms with E-state index in [1.54, 1.807) is 0 Å². The molecule has 0 unspecified atom stereocenters. The number of nitrogen functional groups attached to an aromatic ring is 1. The first-order chi connectivity index (χ1) is 9.08. The van der Waals surface area contributed by atoms with Gasteiger partial charge in [-0.15, -0.1) is 0 Å². The minimum Gasteiger partial charge on any atom is -0.489 e. The van der Waals surface area contributed by atoms with Crippen molar-refractivity contribution in [2.75, 3.05) is 0 Å². The molecule has 0 aromatic heterocycles. The zero-order valence-corrected chi connectivity index (χ0v) is 11.2. The average Bonchev–Trinajstić information content (AvgIpc) is 2.38. The summed E-state index contributed by atoms with van der Waals surface area (Å²) in [6, 6.07) is 13.7. The second-order valence-corrected chi connectivity index (χ2v) is 4.63. The summed E-state index contributed by atoms with van der Waals surface area (Å²) in [6.45, 7) is 4.50. The van der Waals surface area contributed by atoms with Crippen LogP contribution in [0.5, 0.6) is 5.75 Å². The maximum Gasteiger partial charge on any atom is 0.123 e. The Balaban J connectivity index is 2.17. The zero-order valence-electron chi connectivity index (χ0n) is 11.2. The minimum atomic E-state index is 0.0693. The molecule has 3 N–H and O–H groups in total. The number of rotatable bonds is 4. The lowest BCUT2D eigenvalue weighted by Crippen LogP contribution is -2.14. The fourth-order valence-corrected chi connectivity index (χ4v) is 2.03. The standard InChI is InChI=1S/C16H18N2O/c1-11-7-8-15(12(2)9-11)19-10-13-5-3-4-6-14(13)16(17)18/h3-9H,10H2,1-2H3,(H3,17,18). The van der Waals surface area contributed by atoms with Crippen LogP contribution < -0.4 is 10.5 Å². The molecule has 2 rings (SSSR count). The molecule has 0 heterocycles. The van der Waals surface area contributed by atoms with Crippen molar-refractivity contribution in [3.8, 4) is 5.75 Å². The summed E-state index contributed by atoms with van der Waals surface area (Å²) >= 11 is 0. The monoisotopic (exact) mass is 254 g/mol. The first-order valence-electron chi connectivity index (χ1n) is 6.20. The highest BCUT2D eigenvalue weighted by molar-refractivity contribution is 5.96. The summed E-state index contributed by atoms with van der Waals surface area (Å²) in [5.41, 5.74) is 9.54. The number of nitrogens with one attached hydrogen (secondary N) is 1. The molecule has 2 aromatic rings. The van der Waals surface area contributed by atoms with Gasteiger partial charge in [-0.1, -0.05) is 42.0 Å². The van der Waals surface area contributed by atoms with Crippen molar-refractivity contribution in [3.05, 3.63) is 64.7 Å². The highest BCUT2D eigenvalue weighted by atomic mass is 16.5. The molecule has 0 spiro atoms. The molecule has 2 aromatic carbocycles. The highest BCUT2D eigenvalue weighted by Gasteiger charge is 2.06. The number of amidine groups is 1. The van der Waals surface area contributed by atoms with Gasteiger partial charge in [0.05, 0.1) is 0 Å². The predicted octanol–water partition coefficient (Wildman–Crippen LogP) is 3.17. The summed E-state index contributed by atoms with van der Waals surface area (Å²) < 4.78 is 5.82. The largest absolute Gasteiger partial charge is 0.489 e. The van der Waals surface area contributed by atoms with Crippen LogP contribution in [0.1, 0.15) is 22.3 Å². The molecular formula is C16H18N2O. The Morgan fingerprint density at radius 2 is 1.89 bits per heavy atom. The Hall–Kier alpha value is -2.29. The third kappa shape index (κ3) is 3.13. The van der Waals surface area contributed by atoms with E-state index in [4.69, 9.17) is 15.9 Å². The second kappa shape index (κ2) is 5.57. The van der Waals surface area contributed by atoms with Crippen LogP contribution in [0.25, 0.3) is 0 Å². The fraction of sp³-hybridized carbons (Fsp3) is 0.188. The molecule has 19 heavy (non-hydrogen) atoms. The lowest BCUT2D eigenvalue weighted by molar-refractivity contribution is 0.304. The van der Waals surface area contributed by atoms with Crippen LogP contribution in [-0.2, 0) is 6.61 Å². The van der Waals surface area contributed by atoms with Gasteiger partial charge < -0.3 is 10.5 Å². The number of hydrogen-bond donors (Lipinski definition) is 2. The van der Waals surface area contributed by atoms with E-state index >= 15 is 0 Å². The van der Waals surface area contributed by atoms with Crippen LogP contribution in [-0.4, -0.2) is 5.84 Å². The predicted molar refractivity (Wildman–Crippen MR) is 77.7 cm³/mol. The van der Waals surface area contributed by atoms with Crippen LogP contribution >= 0.6 is 0 Å². The molecule has 0 bridgehead atoms. The van der Waals surface area contributed by atoms with Crippen LogP contribution in [0.4, 0.5) is 0 Å². The van der Waals surface area contributed by atoms with Gasteiger partial charge >= 0.3 is 0 Å². The Morgan fingerprint density at radius 3 is 2.58 bits per heavy atom. The molecule has 0 amide bonds. The van der Waals surface area contributed by atoms with Crippen LogP contribution in [0.2, 0.25) is 0 Å². The molecule has 0 saturated heterocycles. The second-order valence-electron chi connectivity index (χ2n) is 4.63. The van der Waals surface area contributed by atoms with Crippen molar-refractivity contribution in [1.29, 1.82) is 5.41 Å². The van der Waals surface area contributed by atoms with E-state index in [0.717, 1.165) is 22.4 Å². The molecule has 0 aliphatic heterocycles. The SMILES string of the molecule is Cc1ccc(OCc2ccccc2C(=N)N)c(C)c1. The molecule has 0 radical (unpaired) electrons. The fourth-order valence-electron chi connectivity index (χ4n) is 2.03. The third-order valence-electron chi connectivity index (χ3n) is 3.02. The van der Waals surface area contributed by atoms with Gasteiger partial charge in [0.1, 0.15) is 18.2 Å². The summed E-state index contributed by atoms with van der Waals surface area (Å²) in [7, 11) is 0. The summed E-state index contributed by atoms with van der Waals surface area (Å²) in [6.07, 6.45) is 0. The van der Waals surface area contributed by atoms with E-state index in [0.29, 0.717) is 6.61 Å². The van der Waals surface area contributed by atoms with Gasteiger partial charge in [-0.3, -0.25) is 5.41 Å². The van der Waals surface area contributed by atoms with E-state index in [1.807, 2.05) is 43.3 Å². The van der Waals surface area contributed by atoms with Crippen LogP contribution in [0, 0.1) is 19.3 Å². The lowest BCUT2D eigenvalue weighted by Gasteiger charge is -2.12. The quantitative estimate of drug-likeness (QED) is 0.650. The molecule has 0 atom stereocenters. The van der Waals surface area contributed by atoms with Crippen molar-refractivity contribution in [2.24, 2.45) is 5.73 Å². The molecule has 3 heteroatoms. The van der Waals surface area contributed by atoms with E-state index in [-0.39, 0.29) is 5.84 Å². The Morgan fingerprint density at radius 1 is 1.16 bits per heavy atom. The topological polar surface area (TPSA) is 59.1 Å². The maximum atomic E-state index is 7.55. The molecule has 0 aliphatic rings. The molecule has 3 nitrogen and oxygen atoms in total. The average molecular weight is 254 g/mol. The molecule has 98 valence electrons. The van der Waals surface area contributed by atoms with Crippen molar-refractivity contribution in [1.82, 2.24) is 0 Å². The Kier molecular flexibility index (Phi) is 3.85. The third-order valence-corrected chi connectivity index (χ3v) is 3.02. The maximum absolute atomic E-state index is 7.55. The van der Waals surface area contributed by atoms with Gasteiger partial charge in [-0.25, -0.2) is 0 Å². The number of aryl methyl sites for hydroxylation is 2. The lowest BCUT2D eigenvalue weighted by atomic mass is 10.1. The van der Waals surface area contributed by atoms with Crippen molar-refractivity contribution >= 4 is 5.84 Å². The minimum absolute atomic E-state index is 0.0693. The number of ether oxygens (including phenoxy) is 1. The number of benzene rings is 2. The smallest absolute Gasteiger partial charge is 0.123 e. The first kappa shape index (κ1) is 13.1. The van der Waals surface area contributed by atoms with E-state index in [2.05, 4.69) is 13.0 Å². The van der Waals surface area contributed by atoms with E-state index < -0.39 is 0 Å². The highest BCUT2D eigenvalue weighted by Crippen LogP contribution is 2.20. The van der Waals surface area contributed by atoms with Crippen molar-refractivity contribution in [3.63, 3.8) is 0 Å². The Bertz CT molecular complexity index is 605. The van der Waals surface area contributed by atoms with Gasteiger partial charge in [0.25, 0.3) is 0 Å². The Labute approximate surface area is 113 Å². The number of nitrogens with two attached hydrogens (primary N) is 1. The van der Waals surface area contributed by atoms with Crippen LogP contribution in [0.15, 0.2) is 42.5 Å².